The molecule has 0 bridgehead atoms. The monoisotopic (exact) mass is 434 g/mol. The highest BCUT2D eigenvalue weighted by Crippen LogP contribution is 2.28. The van der Waals surface area contributed by atoms with Crippen LogP contribution in [0.15, 0.2) is 58.5 Å². The van der Waals surface area contributed by atoms with Gasteiger partial charge in [0, 0.05) is 17.4 Å². The first-order valence-corrected chi connectivity index (χ1v) is 11.3. The number of benzene rings is 2. The molecule has 0 saturated carbocycles. The van der Waals surface area contributed by atoms with E-state index in [1.54, 1.807) is 4.52 Å². The molecule has 0 unspecified atom stereocenters. The van der Waals surface area contributed by atoms with Gasteiger partial charge in [0.05, 0.1) is 6.61 Å². The lowest BCUT2D eigenvalue weighted by Gasteiger charge is -2.15. The maximum atomic E-state index is 11.9. The van der Waals surface area contributed by atoms with Crippen molar-refractivity contribution in [3.8, 4) is 17.1 Å². The summed E-state index contributed by atoms with van der Waals surface area (Å²) in [6, 6.07) is 15.8. The van der Waals surface area contributed by atoms with Gasteiger partial charge in [-0.25, -0.2) is 14.5 Å². The summed E-state index contributed by atoms with van der Waals surface area (Å²) in [5.74, 6) is 2.62. The zero-order valence-corrected chi connectivity index (χ0v) is 19.0. The van der Waals surface area contributed by atoms with Crippen LogP contribution in [0.5, 0.6) is 5.75 Å². The third-order valence-corrected chi connectivity index (χ3v) is 5.98. The molecule has 4 rings (SSSR count). The fourth-order valence-corrected chi connectivity index (χ4v) is 4.22. The number of hydrogen-bond donors (Lipinski definition) is 1. The van der Waals surface area contributed by atoms with E-state index in [2.05, 4.69) is 49.1 Å². The third-order valence-electron chi connectivity index (χ3n) is 5.07. The zero-order valence-electron chi connectivity index (χ0n) is 18.2. The minimum atomic E-state index is -0.198. The summed E-state index contributed by atoms with van der Waals surface area (Å²) in [5.41, 5.74) is 4.79. The highest BCUT2D eigenvalue weighted by atomic mass is 32.2. The predicted octanol–water partition coefficient (Wildman–Crippen LogP) is 5.00. The number of nitrogens with one attached hydrogen (secondary N) is 1. The second kappa shape index (κ2) is 8.98. The Bertz CT molecular complexity index is 1280. The van der Waals surface area contributed by atoms with E-state index >= 15 is 0 Å². The van der Waals surface area contributed by atoms with Crippen LogP contribution in [0.1, 0.15) is 36.5 Å². The number of aromatic nitrogens is 4. The average molecular weight is 435 g/mol. The molecular weight excluding hydrogens is 408 g/mol. The van der Waals surface area contributed by atoms with Gasteiger partial charge in [0.25, 0.3) is 5.56 Å². The fraction of sp³-hybridized carbons (Fsp3) is 0.292. The molecule has 0 aliphatic carbocycles. The summed E-state index contributed by atoms with van der Waals surface area (Å²) in [5, 5.41) is 3.47. The lowest BCUT2D eigenvalue weighted by molar-refractivity contribution is 0.338. The molecule has 2 heterocycles. The van der Waals surface area contributed by atoms with Crippen molar-refractivity contribution in [2.45, 2.75) is 38.8 Å². The van der Waals surface area contributed by atoms with Crippen LogP contribution in [0.3, 0.4) is 0 Å². The summed E-state index contributed by atoms with van der Waals surface area (Å²) in [6.07, 6.45) is 0. The van der Waals surface area contributed by atoms with E-state index in [0.717, 1.165) is 16.9 Å². The normalized spacial score (nSPS) is 11.4. The number of aryl methyl sites for hydroxylation is 2. The quantitative estimate of drug-likeness (QED) is 0.327. The molecule has 0 radical (unpaired) electrons. The molecule has 0 spiro atoms. The van der Waals surface area contributed by atoms with Crippen molar-refractivity contribution in [1.82, 2.24) is 19.6 Å². The summed E-state index contributed by atoms with van der Waals surface area (Å²) < 4.78 is 7.75. The Morgan fingerprint density at radius 2 is 1.90 bits per heavy atom. The molecule has 31 heavy (non-hydrogen) atoms. The largest absolute Gasteiger partial charge is 0.492 e. The topological polar surface area (TPSA) is 72.3 Å². The smallest absolute Gasteiger partial charge is 0.266 e. The number of ether oxygens (including phenoxy) is 1. The minimum Gasteiger partial charge on any atom is -0.492 e. The Balaban J connectivity index is 1.56. The maximum absolute atomic E-state index is 11.9. The second-order valence-electron chi connectivity index (χ2n) is 7.85. The molecule has 1 N–H and O–H groups in total. The Morgan fingerprint density at radius 1 is 1.10 bits per heavy atom. The number of rotatable bonds is 7. The van der Waals surface area contributed by atoms with Crippen LogP contribution in [0.2, 0.25) is 0 Å². The molecule has 0 aliphatic heterocycles. The Morgan fingerprint density at radius 3 is 2.68 bits per heavy atom. The SMILES string of the molecule is Cc1ccc(C(C)C)c(OCCSc2nc(-c3ccccc3C)nc3cc(=O)[nH]n23)c1. The molecule has 4 aromatic rings. The summed E-state index contributed by atoms with van der Waals surface area (Å²) in [6.45, 7) is 8.96. The van der Waals surface area contributed by atoms with Crippen molar-refractivity contribution in [1.29, 1.82) is 0 Å². The standard InChI is InChI=1S/C24H26N4O2S/c1-15(2)18-10-9-16(3)13-20(18)30-11-12-31-24-26-23(19-8-6-5-7-17(19)4)25-21-14-22(29)27-28(21)24/h5-10,13-15H,11-12H2,1-4H3,(H,27,29). The highest BCUT2D eigenvalue weighted by molar-refractivity contribution is 7.99. The number of hydrogen-bond acceptors (Lipinski definition) is 5. The van der Waals surface area contributed by atoms with Gasteiger partial charge in [-0.05, 0) is 42.5 Å². The van der Waals surface area contributed by atoms with Crippen molar-refractivity contribution in [3.05, 3.63) is 75.6 Å². The van der Waals surface area contributed by atoms with E-state index in [4.69, 9.17) is 9.72 Å². The third kappa shape index (κ3) is 4.66. The van der Waals surface area contributed by atoms with E-state index in [0.29, 0.717) is 34.9 Å². The molecule has 0 saturated heterocycles. The first-order valence-electron chi connectivity index (χ1n) is 10.3. The molecule has 2 aromatic heterocycles. The van der Waals surface area contributed by atoms with Crippen molar-refractivity contribution in [2.75, 3.05) is 12.4 Å². The van der Waals surface area contributed by atoms with Crippen molar-refractivity contribution in [3.63, 3.8) is 0 Å². The van der Waals surface area contributed by atoms with Gasteiger partial charge < -0.3 is 4.74 Å². The van der Waals surface area contributed by atoms with Crippen LogP contribution in [0.25, 0.3) is 17.0 Å². The molecule has 7 heteroatoms. The van der Waals surface area contributed by atoms with E-state index in [1.165, 1.54) is 29.0 Å². The van der Waals surface area contributed by atoms with Crippen LogP contribution in [-0.2, 0) is 0 Å². The highest BCUT2D eigenvalue weighted by Gasteiger charge is 2.13. The summed E-state index contributed by atoms with van der Waals surface area (Å²) in [4.78, 5) is 21.2. The summed E-state index contributed by atoms with van der Waals surface area (Å²) in [7, 11) is 0. The lowest BCUT2D eigenvalue weighted by atomic mass is 10.0. The number of thioether (sulfide) groups is 1. The molecule has 160 valence electrons. The van der Waals surface area contributed by atoms with Gasteiger partial charge in [-0.1, -0.05) is 62.0 Å². The molecular formula is C24H26N4O2S. The Kier molecular flexibility index (Phi) is 6.13. The van der Waals surface area contributed by atoms with Gasteiger partial charge in [-0.3, -0.25) is 9.89 Å². The molecule has 0 aliphatic rings. The van der Waals surface area contributed by atoms with Crippen molar-refractivity contribution in [2.24, 2.45) is 0 Å². The predicted molar refractivity (Wildman–Crippen MR) is 125 cm³/mol. The second-order valence-corrected chi connectivity index (χ2v) is 8.91. The summed E-state index contributed by atoms with van der Waals surface area (Å²) >= 11 is 1.53. The number of H-pyrrole nitrogens is 1. The first kappa shape index (κ1) is 21.2. The van der Waals surface area contributed by atoms with E-state index in [9.17, 15) is 4.79 Å². The van der Waals surface area contributed by atoms with E-state index in [-0.39, 0.29) is 5.56 Å². The molecule has 2 aromatic carbocycles. The maximum Gasteiger partial charge on any atom is 0.266 e. The number of nitrogens with zero attached hydrogens (tertiary/aromatic N) is 3. The molecule has 6 nitrogen and oxygen atoms in total. The van der Waals surface area contributed by atoms with Crippen LogP contribution < -0.4 is 10.3 Å². The fourth-order valence-electron chi connectivity index (χ4n) is 3.45. The Labute approximate surface area is 185 Å². The van der Waals surface area contributed by atoms with Gasteiger partial charge in [-0.15, -0.1) is 0 Å². The van der Waals surface area contributed by atoms with Gasteiger partial charge >= 0.3 is 0 Å². The molecule has 0 fully saturated rings. The number of aromatic amines is 1. The van der Waals surface area contributed by atoms with Crippen molar-refractivity contribution >= 4 is 17.4 Å². The first-order chi connectivity index (χ1) is 14.9. The van der Waals surface area contributed by atoms with Crippen LogP contribution in [0, 0.1) is 13.8 Å². The average Bonchev–Trinajstić information content (AvgIpc) is 3.11. The minimum absolute atomic E-state index is 0.198. The van der Waals surface area contributed by atoms with Crippen LogP contribution in [0.4, 0.5) is 0 Å². The van der Waals surface area contributed by atoms with E-state index in [1.807, 2.05) is 31.2 Å². The van der Waals surface area contributed by atoms with Crippen LogP contribution >= 0.6 is 11.8 Å². The van der Waals surface area contributed by atoms with E-state index < -0.39 is 0 Å². The van der Waals surface area contributed by atoms with Gasteiger partial charge in [0.1, 0.15) is 5.75 Å². The Hall–Kier alpha value is -3.06. The van der Waals surface area contributed by atoms with Gasteiger partial charge in [-0.2, -0.15) is 0 Å². The van der Waals surface area contributed by atoms with Crippen LogP contribution in [-0.4, -0.2) is 31.9 Å². The lowest BCUT2D eigenvalue weighted by Crippen LogP contribution is -2.08. The number of fused-ring (bicyclic) bond motifs is 1. The van der Waals surface area contributed by atoms with Crippen molar-refractivity contribution < 1.29 is 4.74 Å². The molecule has 0 amide bonds. The zero-order chi connectivity index (χ0) is 22.0. The van der Waals surface area contributed by atoms with Gasteiger partial charge in [0.15, 0.2) is 16.6 Å². The molecule has 0 atom stereocenters. The van der Waals surface area contributed by atoms with Gasteiger partial charge in [0.2, 0.25) is 0 Å².